The summed E-state index contributed by atoms with van der Waals surface area (Å²) in [4.78, 5) is 72.5. The zero-order valence-electron chi connectivity index (χ0n) is 17.9. The van der Waals surface area contributed by atoms with Crippen LogP contribution in [0, 0.1) is 9.81 Å². The third-order valence-corrected chi connectivity index (χ3v) is 5.21. The van der Waals surface area contributed by atoms with E-state index in [-0.39, 0.29) is 29.4 Å². The number of hydrogen-bond donors (Lipinski definition) is 4. The van der Waals surface area contributed by atoms with E-state index in [2.05, 4.69) is 20.9 Å². The second kappa shape index (κ2) is 10.3. The monoisotopic (exact) mass is 485 g/mol. The number of carbonyl (C=O) groups excluding carboxylic acids is 1. The molecule has 15 nitrogen and oxygen atoms in total. The quantitative estimate of drug-likeness (QED) is 0.277. The number of hydrogen-bond acceptors (Lipinski definition) is 10. The van der Waals surface area contributed by atoms with Crippen molar-refractivity contribution in [3.63, 3.8) is 0 Å². The molecular weight excluding hydrogens is 466 g/mol. The van der Waals surface area contributed by atoms with Gasteiger partial charge in [0.1, 0.15) is 6.04 Å². The Kier molecular flexibility index (Phi) is 7.28. The first-order valence-electron chi connectivity index (χ1n) is 10.1. The van der Waals surface area contributed by atoms with Crippen LogP contribution >= 0.6 is 0 Å². The van der Waals surface area contributed by atoms with Crippen LogP contribution in [0.3, 0.4) is 0 Å². The number of benzene rings is 1. The van der Waals surface area contributed by atoms with Crippen LogP contribution in [0.2, 0.25) is 0 Å². The molecule has 15 heteroatoms. The third-order valence-electron chi connectivity index (χ3n) is 5.21. The third kappa shape index (κ3) is 5.35. The number of nitrogens with two attached hydrogens (primary N) is 1. The maximum absolute atomic E-state index is 12.3. The number of carbonyl (C=O) groups is 3. The first-order valence-corrected chi connectivity index (χ1v) is 10.1. The van der Waals surface area contributed by atoms with Gasteiger partial charge in [0.25, 0.3) is 11.5 Å². The van der Waals surface area contributed by atoms with Gasteiger partial charge in [-0.1, -0.05) is 12.1 Å². The van der Waals surface area contributed by atoms with Gasteiger partial charge < -0.3 is 21.3 Å². The van der Waals surface area contributed by atoms with Crippen molar-refractivity contribution in [2.45, 2.75) is 31.7 Å². The van der Waals surface area contributed by atoms with Crippen LogP contribution in [0.5, 0.6) is 0 Å². The number of rotatable bonds is 11. The van der Waals surface area contributed by atoms with Crippen molar-refractivity contribution in [3.8, 4) is 0 Å². The summed E-state index contributed by atoms with van der Waals surface area (Å²) in [6.07, 6.45) is 1.18. The Morgan fingerprint density at radius 1 is 1.09 bits per heavy atom. The van der Waals surface area contributed by atoms with Gasteiger partial charge >= 0.3 is 11.9 Å². The fraction of sp³-hybridized carbons (Fsp3) is 0.250. The predicted molar refractivity (Wildman–Crippen MR) is 120 cm³/mol. The number of aromatic nitrogens is 3. The van der Waals surface area contributed by atoms with Crippen molar-refractivity contribution in [2.24, 2.45) is 10.6 Å². The molecule has 35 heavy (non-hydrogen) atoms. The van der Waals surface area contributed by atoms with Crippen LogP contribution in [0.1, 0.15) is 34.3 Å². The summed E-state index contributed by atoms with van der Waals surface area (Å²) in [5.74, 6) is -3.70. The molecule has 1 atom stereocenters. The zero-order chi connectivity index (χ0) is 25.7. The predicted octanol–water partition coefficient (Wildman–Crippen LogP) is 0.672. The summed E-state index contributed by atoms with van der Waals surface area (Å²) in [6, 6.07) is 4.79. The molecule has 2 heterocycles. The van der Waals surface area contributed by atoms with E-state index in [0.29, 0.717) is 16.7 Å². The van der Waals surface area contributed by atoms with Crippen molar-refractivity contribution < 1.29 is 24.6 Å². The summed E-state index contributed by atoms with van der Waals surface area (Å²) in [6.45, 7) is 0. The second-order valence-corrected chi connectivity index (χ2v) is 7.44. The molecule has 0 aliphatic carbocycles. The number of carboxylic acid groups (broad SMARTS) is 2. The number of nitrogen functional groups attached to an aromatic ring is 1. The van der Waals surface area contributed by atoms with Crippen LogP contribution in [0.15, 0.2) is 45.8 Å². The maximum atomic E-state index is 12.3. The second-order valence-electron chi connectivity index (χ2n) is 7.44. The van der Waals surface area contributed by atoms with Gasteiger partial charge in [-0.2, -0.15) is 9.66 Å². The number of amides is 1. The molecule has 1 unspecified atom stereocenters. The average molecular weight is 485 g/mol. The summed E-state index contributed by atoms with van der Waals surface area (Å²) in [5.41, 5.74) is 5.84. The number of carboxylic acids is 2. The number of nitrogens with zero attached hydrogens (tertiary/aromatic N) is 5. The van der Waals surface area contributed by atoms with E-state index in [1.807, 2.05) is 0 Å². The van der Waals surface area contributed by atoms with Gasteiger partial charge in [-0.15, -0.1) is 14.5 Å². The molecule has 0 saturated heterocycles. The van der Waals surface area contributed by atoms with Crippen molar-refractivity contribution in [3.05, 3.63) is 67.3 Å². The smallest absolute Gasteiger partial charge is 0.326 e. The molecule has 1 aromatic carbocycles. The van der Waals surface area contributed by atoms with Crippen LogP contribution in [-0.2, 0) is 22.4 Å². The zero-order valence-corrected chi connectivity index (χ0v) is 17.9. The number of anilines is 1. The highest BCUT2D eigenvalue weighted by Gasteiger charge is 2.22. The molecule has 3 aromatic rings. The number of nitrogens with one attached hydrogen (secondary N) is 1. The molecule has 182 valence electrons. The molecule has 2 aromatic heterocycles. The highest BCUT2D eigenvalue weighted by Crippen LogP contribution is 2.22. The van der Waals surface area contributed by atoms with Gasteiger partial charge in [0.15, 0.2) is 5.65 Å². The fourth-order valence-corrected chi connectivity index (χ4v) is 3.48. The fourth-order valence-electron chi connectivity index (χ4n) is 3.48. The van der Waals surface area contributed by atoms with E-state index in [0.717, 1.165) is 10.2 Å². The molecule has 1 amide bonds. The molecule has 0 saturated carbocycles. The van der Waals surface area contributed by atoms with Gasteiger partial charge in [-0.05, 0) is 42.5 Å². The molecular formula is C20H19N7O8. The Hall–Kier alpha value is -4.95. The van der Waals surface area contributed by atoms with E-state index in [1.54, 1.807) is 12.1 Å². The van der Waals surface area contributed by atoms with Gasteiger partial charge in [-0.3, -0.25) is 14.4 Å². The first kappa shape index (κ1) is 24.7. The van der Waals surface area contributed by atoms with E-state index in [4.69, 9.17) is 10.8 Å². The minimum atomic E-state index is -1.35. The molecule has 0 radical (unpaired) electrons. The molecule has 3 rings (SSSR count). The molecule has 0 aliphatic heterocycles. The summed E-state index contributed by atoms with van der Waals surface area (Å²) < 4.78 is 1.36. The first-order chi connectivity index (χ1) is 16.7. The van der Waals surface area contributed by atoms with Gasteiger partial charge in [-0.25, -0.2) is 4.79 Å². The maximum Gasteiger partial charge on any atom is 0.326 e. The van der Waals surface area contributed by atoms with Gasteiger partial charge in [0.05, 0.1) is 16.0 Å². The van der Waals surface area contributed by atoms with E-state index in [1.165, 1.54) is 18.3 Å². The summed E-state index contributed by atoms with van der Waals surface area (Å²) >= 11 is 0. The van der Waals surface area contributed by atoms with Gasteiger partial charge in [0, 0.05) is 18.2 Å². The Morgan fingerprint density at radius 3 is 2.34 bits per heavy atom. The molecule has 0 spiro atoms. The van der Waals surface area contributed by atoms with E-state index >= 15 is 0 Å². The Bertz CT molecular complexity index is 1380. The standard InChI is InChI=1S/C20H19N7O8/c21-20-23-17(31)15-12(9-26(24-34)18(15)27(20)25-35)6-3-10-1-4-11(5-2-10)16(30)22-13(19(32)33)7-8-14(28)29/h1-2,4-5,9,13H,3,6-8H2,(H,22,30)(H,28,29)(H,32,33)(H2,21,23,31). The summed E-state index contributed by atoms with van der Waals surface area (Å²) in [5, 5.41) is 25.6. The van der Waals surface area contributed by atoms with Crippen LogP contribution in [0.4, 0.5) is 5.95 Å². The SMILES string of the molecule is Nc1nc(=O)c2c(CCc3ccc(C(=O)NC(CCC(=O)O)C(=O)O)cc3)cn(N=O)c2n1N=O. The van der Waals surface area contributed by atoms with Crippen molar-refractivity contribution in [1.29, 1.82) is 0 Å². The van der Waals surface area contributed by atoms with Crippen LogP contribution < -0.4 is 16.6 Å². The normalized spacial score (nSPS) is 11.7. The molecule has 0 fully saturated rings. The lowest BCUT2D eigenvalue weighted by Crippen LogP contribution is -2.41. The minimum Gasteiger partial charge on any atom is -0.481 e. The minimum absolute atomic E-state index is 0.0320. The lowest BCUT2D eigenvalue weighted by molar-refractivity contribution is -0.140. The largest absolute Gasteiger partial charge is 0.481 e. The van der Waals surface area contributed by atoms with Gasteiger partial charge in [0.2, 0.25) is 5.95 Å². The van der Waals surface area contributed by atoms with Crippen molar-refractivity contribution >= 4 is 34.8 Å². The average Bonchev–Trinajstić information content (AvgIpc) is 3.19. The number of aryl methyl sites for hydroxylation is 2. The van der Waals surface area contributed by atoms with Crippen LogP contribution in [-0.4, -0.2) is 48.4 Å². The lowest BCUT2D eigenvalue weighted by atomic mass is 10.0. The van der Waals surface area contributed by atoms with E-state index in [9.17, 15) is 34.1 Å². The molecule has 0 bridgehead atoms. The van der Waals surface area contributed by atoms with Crippen molar-refractivity contribution in [2.75, 3.05) is 5.73 Å². The molecule has 0 aliphatic rings. The van der Waals surface area contributed by atoms with Crippen molar-refractivity contribution in [1.82, 2.24) is 19.7 Å². The Balaban J connectivity index is 1.75. The lowest BCUT2D eigenvalue weighted by Gasteiger charge is -2.13. The van der Waals surface area contributed by atoms with E-state index < -0.39 is 41.8 Å². The molecule has 5 N–H and O–H groups in total. The Labute approximate surface area is 195 Å². The highest BCUT2D eigenvalue weighted by atomic mass is 16.4. The number of fused-ring (bicyclic) bond motifs is 1. The Morgan fingerprint density at radius 2 is 1.77 bits per heavy atom. The van der Waals surface area contributed by atoms with Crippen LogP contribution in [0.25, 0.3) is 11.0 Å². The number of nitroso groups, excluding NO2 is 2. The topological polar surface area (TPSA) is 228 Å². The summed E-state index contributed by atoms with van der Waals surface area (Å²) in [7, 11) is 0. The highest BCUT2D eigenvalue weighted by molar-refractivity contribution is 5.96. The number of aliphatic carboxylic acids is 2.